The van der Waals surface area contributed by atoms with Crippen LogP contribution in [0.2, 0.25) is 0 Å². The van der Waals surface area contributed by atoms with Crippen molar-refractivity contribution in [2.24, 2.45) is 11.7 Å². The van der Waals surface area contributed by atoms with Gasteiger partial charge in [-0.3, -0.25) is 4.79 Å². The zero-order chi connectivity index (χ0) is 12.7. The van der Waals surface area contributed by atoms with Gasteiger partial charge in [-0.25, -0.2) is 4.98 Å². The molecule has 1 aliphatic carbocycles. The molecule has 2 N–H and O–H groups in total. The third kappa shape index (κ3) is 2.35. The van der Waals surface area contributed by atoms with E-state index >= 15 is 0 Å². The molecule has 98 valence electrons. The number of carbonyl (C=O) groups excluding carboxylic acids is 1. The Kier molecular flexibility index (Phi) is 2.99. The molecular formula is C12H17N3O2S. The van der Waals surface area contributed by atoms with Crippen LogP contribution in [0.15, 0.2) is 5.38 Å². The minimum atomic E-state index is -0.461. The number of nitrogens with two attached hydrogens (primary N) is 1. The largest absolute Gasteiger partial charge is 0.371 e. The Balaban J connectivity index is 1.75. The highest BCUT2D eigenvalue weighted by atomic mass is 32.1. The first-order chi connectivity index (χ1) is 8.63. The van der Waals surface area contributed by atoms with Crippen molar-refractivity contribution >= 4 is 22.4 Å². The van der Waals surface area contributed by atoms with Gasteiger partial charge in [0.05, 0.1) is 12.2 Å². The highest BCUT2D eigenvalue weighted by Crippen LogP contribution is 2.37. The number of nitrogens with zero attached hydrogens (tertiary/aromatic N) is 2. The summed E-state index contributed by atoms with van der Waals surface area (Å²) in [5.41, 5.74) is 5.59. The summed E-state index contributed by atoms with van der Waals surface area (Å²) in [4.78, 5) is 17.6. The molecule has 0 spiro atoms. The van der Waals surface area contributed by atoms with E-state index in [9.17, 15) is 4.79 Å². The Bertz CT molecular complexity index is 458. The molecule has 0 radical (unpaired) electrons. The first kappa shape index (κ1) is 11.9. The van der Waals surface area contributed by atoms with E-state index in [0.29, 0.717) is 17.7 Å². The average molecular weight is 267 g/mol. The average Bonchev–Trinajstić information content (AvgIpc) is 3.05. The summed E-state index contributed by atoms with van der Waals surface area (Å²) < 4.78 is 5.96. The Morgan fingerprint density at radius 3 is 2.94 bits per heavy atom. The van der Waals surface area contributed by atoms with Crippen LogP contribution in [0.1, 0.15) is 30.3 Å². The third-order valence-electron chi connectivity index (χ3n) is 3.45. The number of amides is 1. The zero-order valence-corrected chi connectivity index (χ0v) is 11.2. The number of ether oxygens (including phenoxy) is 1. The van der Waals surface area contributed by atoms with Gasteiger partial charge in [-0.05, 0) is 25.7 Å². The molecule has 1 aromatic rings. The van der Waals surface area contributed by atoms with Gasteiger partial charge in [-0.2, -0.15) is 0 Å². The number of rotatable bonds is 3. The van der Waals surface area contributed by atoms with E-state index in [1.54, 1.807) is 5.38 Å². The maximum atomic E-state index is 11.1. The molecule has 1 amide bonds. The Labute approximate surface area is 110 Å². The van der Waals surface area contributed by atoms with Crippen molar-refractivity contribution in [2.45, 2.75) is 32.0 Å². The number of morpholine rings is 1. The first-order valence-corrected chi connectivity index (χ1v) is 7.17. The van der Waals surface area contributed by atoms with E-state index in [2.05, 4.69) is 16.8 Å². The van der Waals surface area contributed by atoms with Crippen LogP contribution in [0.4, 0.5) is 5.13 Å². The van der Waals surface area contributed by atoms with Gasteiger partial charge in [0, 0.05) is 18.5 Å². The predicted molar refractivity (Wildman–Crippen MR) is 69.9 cm³/mol. The maximum Gasteiger partial charge on any atom is 0.268 e. The number of anilines is 1. The van der Waals surface area contributed by atoms with Gasteiger partial charge in [0.15, 0.2) is 5.13 Å². The van der Waals surface area contributed by atoms with Gasteiger partial charge in [-0.1, -0.05) is 0 Å². The van der Waals surface area contributed by atoms with E-state index in [1.165, 1.54) is 24.2 Å². The summed E-state index contributed by atoms with van der Waals surface area (Å²) in [5, 5.41) is 2.61. The molecule has 0 aromatic carbocycles. The summed E-state index contributed by atoms with van der Waals surface area (Å²) in [6, 6.07) is 0. The molecular weight excluding hydrogens is 250 g/mol. The van der Waals surface area contributed by atoms with Gasteiger partial charge in [0.25, 0.3) is 5.91 Å². The summed E-state index contributed by atoms with van der Waals surface area (Å²) in [6.07, 6.45) is 3.07. The van der Waals surface area contributed by atoms with E-state index in [0.717, 1.165) is 18.2 Å². The standard InChI is InChI=1S/C12H17N3O2S/c1-7-4-15(5-10(17-7)8-2-3-8)12-14-9(6-18-12)11(13)16/h6-8,10H,2-5H2,1H3,(H2,13,16)/t7-,10-/m1/s1. The second kappa shape index (κ2) is 4.51. The maximum absolute atomic E-state index is 11.1. The normalized spacial score (nSPS) is 28.4. The quantitative estimate of drug-likeness (QED) is 0.895. The van der Waals surface area contributed by atoms with Crippen molar-refractivity contribution < 1.29 is 9.53 Å². The Hall–Kier alpha value is -1.14. The number of hydrogen-bond donors (Lipinski definition) is 1. The van der Waals surface area contributed by atoms with Crippen molar-refractivity contribution in [1.29, 1.82) is 0 Å². The van der Waals surface area contributed by atoms with Crippen LogP contribution >= 0.6 is 11.3 Å². The van der Waals surface area contributed by atoms with E-state index in [4.69, 9.17) is 10.5 Å². The van der Waals surface area contributed by atoms with Crippen LogP contribution in [-0.2, 0) is 4.74 Å². The van der Waals surface area contributed by atoms with Crippen molar-refractivity contribution in [1.82, 2.24) is 4.98 Å². The fourth-order valence-electron chi connectivity index (χ4n) is 2.39. The van der Waals surface area contributed by atoms with Crippen molar-refractivity contribution in [3.8, 4) is 0 Å². The number of carbonyl (C=O) groups is 1. The lowest BCUT2D eigenvalue weighted by atomic mass is 10.1. The monoisotopic (exact) mass is 267 g/mol. The lowest BCUT2D eigenvalue weighted by Crippen LogP contribution is -2.47. The molecule has 5 nitrogen and oxygen atoms in total. The second-order valence-corrected chi connectivity index (χ2v) is 5.94. The summed E-state index contributed by atoms with van der Waals surface area (Å²) in [7, 11) is 0. The topological polar surface area (TPSA) is 68.5 Å². The molecule has 2 heterocycles. The van der Waals surface area contributed by atoms with Crippen LogP contribution < -0.4 is 10.6 Å². The van der Waals surface area contributed by atoms with Crippen LogP contribution in [0.5, 0.6) is 0 Å². The van der Waals surface area contributed by atoms with E-state index < -0.39 is 5.91 Å². The van der Waals surface area contributed by atoms with E-state index in [1.807, 2.05) is 0 Å². The first-order valence-electron chi connectivity index (χ1n) is 6.29. The molecule has 1 saturated carbocycles. The van der Waals surface area contributed by atoms with E-state index in [-0.39, 0.29) is 6.10 Å². The highest BCUT2D eigenvalue weighted by molar-refractivity contribution is 7.13. The van der Waals surface area contributed by atoms with Crippen LogP contribution in [0.3, 0.4) is 0 Å². The van der Waals surface area contributed by atoms with Gasteiger partial charge in [0.2, 0.25) is 0 Å². The predicted octanol–water partition coefficient (Wildman–Crippen LogP) is 1.25. The molecule has 18 heavy (non-hydrogen) atoms. The van der Waals surface area contributed by atoms with Crippen LogP contribution in [0, 0.1) is 5.92 Å². The molecule has 6 heteroatoms. The van der Waals surface area contributed by atoms with Crippen molar-refractivity contribution in [3.05, 3.63) is 11.1 Å². The Morgan fingerprint density at radius 2 is 2.33 bits per heavy atom. The lowest BCUT2D eigenvalue weighted by molar-refractivity contribution is -0.0271. The summed E-state index contributed by atoms with van der Waals surface area (Å²) in [5.74, 6) is 0.253. The molecule has 1 saturated heterocycles. The van der Waals surface area contributed by atoms with Gasteiger partial charge in [0.1, 0.15) is 5.69 Å². The molecule has 1 aromatic heterocycles. The van der Waals surface area contributed by atoms with Crippen molar-refractivity contribution in [2.75, 3.05) is 18.0 Å². The smallest absolute Gasteiger partial charge is 0.268 e. The van der Waals surface area contributed by atoms with Gasteiger partial charge in [-0.15, -0.1) is 11.3 Å². The highest BCUT2D eigenvalue weighted by Gasteiger charge is 2.37. The minimum Gasteiger partial charge on any atom is -0.371 e. The minimum absolute atomic E-state index is 0.213. The molecule has 0 bridgehead atoms. The lowest BCUT2D eigenvalue weighted by Gasteiger charge is -2.36. The van der Waals surface area contributed by atoms with Gasteiger partial charge < -0.3 is 15.4 Å². The summed E-state index contributed by atoms with van der Waals surface area (Å²) >= 11 is 1.48. The van der Waals surface area contributed by atoms with Gasteiger partial charge >= 0.3 is 0 Å². The molecule has 2 fully saturated rings. The van der Waals surface area contributed by atoms with Crippen molar-refractivity contribution in [3.63, 3.8) is 0 Å². The van der Waals surface area contributed by atoms with Crippen LogP contribution in [0.25, 0.3) is 0 Å². The number of primary amides is 1. The van der Waals surface area contributed by atoms with Crippen LogP contribution in [-0.4, -0.2) is 36.2 Å². The fraction of sp³-hybridized carbons (Fsp3) is 0.667. The number of hydrogen-bond acceptors (Lipinski definition) is 5. The number of aromatic nitrogens is 1. The SMILES string of the molecule is C[C@@H]1CN(c2nc(C(N)=O)cs2)C[C@H](C2CC2)O1. The third-order valence-corrected chi connectivity index (χ3v) is 4.35. The Morgan fingerprint density at radius 1 is 1.56 bits per heavy atom. The molecule has 1 aliphatic heterocycles. The number of thiazole rings is 1. The molecule has 0 unspecified atom stereocenters. The molecule has 3 rings (SSSR count). The second-order valence-electron chi connectivity index (χ2n) is 5.11. The molecule has 2 aliphatic rings. The fourth-order valence-corrected chi connectivity index (χ4v) is 3.23. The summed E-state index contributed by atoms with van der Waals surface area (Å²) in [6.45, 7) is 3.79. The zero-order valence-electron chi connectivity index (χ0n) is 10.3. The molecule has 2 atom stereocenters.